The van der Waals surface area contributed by atoms with E-state index in [1.807, 2.05) is 0 Å². The van der Waals surface area contributed by atoms with Crippen molar-refractivity contribution in [1.29, 1.82) is 0 Å². The molecule has 0 radical (unpaired) electrons. The Morgan fingerprint density at radius 1 is 1.43 bits per heavy atom. The number of hydrogen-bond donors (Lipinski definition) is 0. The third-order valence-electron chi connectivity index (χ3n) is 5.05. The van der Waals surface area contributed by atoms with Gasteiger partial charge >= 0.3 is 0 Å². The van der Waals surface area contributed by atoms with E-state index < -0.39 is 0 Å². The lowest BCUT2D eigenvalue weighted by Crippen LogP contribution is -2.69. The van der Waals surface area contributed by atoms with Crippen LogP contribution in [0, 0.1) is 23.2 Å². The molecule has 0 aromatic carbocycles. The molecule has 4 aliphatic carbocycles. The van der Waals surface area contributed by atoms with E-state index in [2.05, 4.69) is 38.7 Å². The van der Waals surface area contributed by atoms with E-state index in [4.69, 9.17) is 0 Å². The molecule has 0 nitrogen and oxygen atoms in total. The first-order valence-corrected chi connectivity index (χ1v) is 5.73. The predicted molar refractivity (Wildman–Crippen MR) is 59.8 cm³/mol. The van der Waals surface area contributed by atoms with Crippen LogP contribution >= 0.6 is 0 Å². The molecule has 2 unspecified atom stereocenters. The summed E-state index contributed by atoms with van der Waals surface area (Å²) in [6.07, 6.45) is 9.32. The normalized spacial score (nSPS) is 48.6. The van der Waals surface area contributed by atoms with Crippen LogP contribution in [0.2, 0.25) is 0 Å². The molecule has 0 amide bonds. The monoisotopic (exact) mass is 186 g/mol. The summed E-state index contributed by atoms with van der Waals surface area (Å²) in [5, 5.41) is 0. The molecule has 4 aliphatic rings. The molecule has 74 valence electrons. The summed E-state index contributed by atoms with van der Waals surface area (Å²) in [4.78, 5) is 0. The second kappa shape index (κ2) is 2.42. The van der Waals surface area contributed by atoms with Crippen LogP contribution in [0.25, 0.3) is 0 Å². The van der Waals surface area contributed by atoms with Gasteiger partial charge in [0.15, 0.2) is 0 Å². The average Bonchev–Trinajstić information content (AvgIpc) is 2.68. The summed E-state index contributed by atoms with van der Waals surface area (Å²) in [7, 11) is 0. The lowest BCUT2D eigenvalue weighted by atomic mass is 9.29. The van der Waals surface area contributed by atoms with Gasteiger partial charge in [-0.15, -0.1) is 0 Å². The summed E-state index contributed by atoms with van der Waals surface area (Å²) < 4.78 is 0. The standard InChI is InChI=1S/C14H18/c1-9-13-10(2)14(9,11(13)3)8-12-6-4-5-7-12/h4,6-7,10-11,13H,1,5,8H2,2-3H3. The zero-order chi connectivity index (χ0) is 9.92. The Kier molecular flexibility index (Phi) is 1.47. The molecule has 0 heterocycles. The van der Waals surface area contributed by atoms with Gasteiger partial charge < -0.3 is 0 Å². The molecular formula is C14H18. The minimum absolute atomic E-state index is 0.491. The van der Waals surface area contributed by atoms with Gasteiger partial charge in [0.05, 0.1) is 0 Å². The van der Waals surface area contributed by atoms with Gasteiger partial charge in [-0.2, -0.15) is 0 Å². The highest BCUT2D eigenvalue weighted by Gasteiger charge is 2.71. The van der Waals surface area contributed by atoms with Crippen molar-refractivity contribution in [3.05, 3.63) is 36.0 Å². The predicted octanol–water partition coefficient (Wildman–Crippen LogP) is 3.72. The Balaban J connectivity index is 1.83. The van der Waals surface area contributed by atoms with Crippen LogP contribution in [0.1, 0.15) is 26.7 Å². The summed E-state index contributed by atoms with van der Waals surface area (Å²) in [5.41, 5.74) is 3.58. The van der Waals surface area contributed by atoms with Gasteiger partial charge in [0, 0.05) is 5.41 Å². The number of rotatable bonds is 2. The molecule has 0 heteroatoms. The number of allylic oxidation sites excluding steroid dienone is 5. The van der Waals surface area contributed by atoms with Crippen molar-refractivity contribution in [1.82, 2.24) is 0 Å². The molecule has 0 aromatic rings. The van der Waals surface area contributed by atoms with Crippen LogP contribution in [0.4, 0.5) is 0 Å². The topological polar surface area (TPSA) is 0 Å². The maximum Gasteiger partial charge on any atom is 0.00152 e. The fourth-order valence-corrected chi connectivity index (χ4v) is 4.09. The highest BCUT2D eigenvalue weighted by Crippen LogP contribution is 2.77. The SMILES string of the molecule is C=C1C2C(C)C1(CC1=CCC=C1)C2C. The molecular weight excluding hydrogens is 168 g/mol. The Hall–Kier alpha value is -0.780. The van der Waals surface area contributed by atoms with Crippen LogP contribution in [0.15, 0.2) is 36.0 Å². The highest BCUT2D eigenvalue weighted by atomic mass is 14.7. The molecule has 0 saturated heterocycles. The van der Waals surface area contributed by atoms with E-state index in [1.165, 1.54) is 6.42 Å². The maximum absolute atomic E-state index is 4.25. The third-order valence-corrected chi connectivity index (χ3v) is 5.05. The Labute approximate surface area is 86.4 Å². The van der Waals surface area contributed by atoms with Crippen molar-refractivity contribution in [3.63, 3.8) is 0 Å². The van der Waals surface area contributed by atoms with Gasteiger partial charge in [0.25, 0.3) is 0 Å². The van der Waals surface area contributed by atoms with Crippen molar-refractivity contribution in [2.75, 3.05) is 0 Å². The van der Waals surface area contributed by atoms with Crippen LogP contribution in [0.3, 0.4) is 0 Å². The van der Waals surface area contributed by atoms with Crippen molar-refractivity contribution >= 4 is 0 Å². The fourth-order valence-electron chi connectivity index (χ4n) is 4.09. The third kappa shape index (κ3) is 0.690. The van der Waals surface area contributed by atoms with Crippen LogP contribution in [0.5, 0.6) is 0 Å². The molecule has 0 spiro atoms. The molecule has 0 aliphatic heterocycles. The summed E-state index contributed by atoms with van der Waals surface area (Å²) in [5.74, 6) is 2.63. The van der Waals surface area contributed by atoms with E-state index >= 15 is 0 Å². The van der Waals surface area contributed by atoms with Gasteiger partial charge in [-0.05, 0) is 30.6 Å². The minimum atomic E-state index is 0.491. The van der Waals surface area contributed by atoms with Gasteiger partial charge in [0.1, 0.15) is 0 Å². The van der Waals surface area contributed by atoms with Gasteiger partial charge in [-0.3, -0.25) is 0 Å². The highest BCUT2D eigenvalue weighted by molar-refractivity contribution is 5.45. The lowest BCUT2D eigenvalue weighted by Gasteiger charge is -2.75. The smallest absolute Gasteiger partial charge is 0.00152 e. The second-order valence-corrected chi connectivity index (χ2v) is 5.26. The van der Waals surface area contributed by atoms with Gasteiger partial charge in [0.2, 0.25) is 0 Å². The second-order valence-electron chi connectivity index (χ2n) is 5.26. The van der Waals surface area contributed by atoms with Gasteiger partial charge in [-0.25, -0.2) is 0 Å². The zero-order valence-electron chi connectivity index (χ0n) is 9.09. The Bertz CT molecular complexity index is 346. The molecule has 2 bridgehead atoms. The summed E-state index contributed by atoms with van der Waals surface area (Å²) >= 11 is 0. The van der Waals surface area contributed by atoms with E-state index in [1.54, 1.807) is 11.1 Å². The first-order valence-electron chi connectivity index (χ1n) is 5.73. The lowest BCUT2D eigenvalue weighted by molar-refractivity contribution is -0.162. The van der Waals surface area contributed by atoms with E-state index in [-0.39, 0.29) is 0 Å². The van der Waals surface area contributed by atoms with Crippen LogP contribution in [-0.4, -0.2) is 0 Å². The fraction of sp³-hybridized carbons (Fsp3) is 0.571. The molecule has 2 atom stereocenters. The molecule has 3 saturated carbocycles. The van der Waals surface area contributed by atoms with Crippen molar-refractivity contribution < 1.29 is 0 Å². The van der Waals surface area contributed by atoms with Crippen LogP contribution < -0.4 is 0 Å². The Morgan fingerprint density at radius 3 is 2.57 bits per heavy atom. The average molecular weight is 186 g/mol. The van der Waals surface area contributed by atoms with E-state index in [9.17, 15) is 0 Å². The maximum atomic E-state index is 4.25. The minimum Gasteiger partial charge on any atom is -0.0990 e. The van der Waals surface area contributed by atoms with E-state index in [0.717, 1.165) is 24.2 Å². The molecule has 0 N–H and O–H groups in total. The van der Waals surface area contributed by atoms with Crippen molar-refractivity contribution in [3.8, 4) is 0 Å². The Morgan fingerprint density at radius 2 is 2.14 bits per heavy atom. The first kappa shape index (κ1) is 8.52. The summed E-state index contributed by atoms with van der Waals surface area (Å²) in [6.45, 7) is 9.06. The zero-order valence-corrected chi connectivity index (χ0v) is 9.09. The molecule has 4 rings (SSSR count). The first-order chi connectivity index (χ1) is 6.68. The van der Waals surface area contributed by atoms with Crippen molar-refractivity contribution in [2.45, 2.75) is 26.7 Å². The molecule has 14 heavy (non-hydrogen) atoms. The van der Waals surface area contributed by atoms with E-state index in [0.29, 0.717) is 5.41 Å². The largest absolute Gasteiger partial charge is 0.0990 e. The quantitative estimate of drug-likeness (QED) is 0.576. The van der Waals surface area contributed by atoms with Gasteiger partial charge in [-0.1, -0.05) is 49.8 Å². The molecule has 0 aromatic heterocycles. The van der Waals surface area contributed by atoms with Crippen LogP contribution in [-0.2, 0) is 0 Å². The number of hydrogen-bond acceptors (Lipinski definition) is 0. The summed E-state index contributed by atoms with van der Waals surface area (Å²) in [6, 6.07) is 0. The van der Waals surface area contributed by atoms with Crippen molar-refractivity contribution in [2.24, 2.45) is 23.2 Å². The molecule has 3 fully saturated rings.